The van der Waals surface area contributed by atoms with E-state index in [-0.39, 0.29) is 0 Å². The zero-order chi connectivity index (χ0) is 15.1. The largest absolute Gasteiger partial charge is 0.496 e. The van der Waals surface area contributed by atoms with Crippen LogP contribution in [0.3, 0.4) is 0 Å². The summed E-state index contributed by atoms with van der Waals surface area (Å²) in [5.41, 5.74) is 8.65. The summed E-state index contributed by atoms with van der Waals surface area (Å²) in [6.07, 6.45) is 0.903. The van der Waals surface area contributed by atoms with Crippen LogP contribution in [0, 0.1) is 0 Å². The van der Waals surface area contributed by atoms with Gasteiger partial charge in [-0.25, -0.2) is 0 Å². The Morgan fingerprint density at radius 2 is 1.76 bits per heavy atom. The van der Waals surface area contributed by atoms with Crippen molar-refractivity contribution < 1.29 is 14.2 Å². The SMILES string of the molecule is COCCc1ccc(OCc2cc(N)ccc2OC)cc1. The molecule has 2 aromatic rings. The fraction of sp³-hybridized carbons (Fsp3) is 0.294. The van der Waals surface area contributed by atoms with E-state index in [1.54, 1.807) is 14.2 Å². The molecule has 21 heavy (non-hydrogen) atoms. The fourth-order valence-corrected chi connectivity index (χ4v) is 2.04. The second-order valence-electron chi connectivity index (χ2n) is 4.75. The van der Waals surface area contributed by atoms with Gasteiger partial charge in [0.15, 0.2) is 0 Å². The van der Waals surface area contributed by atoms with Gasteiger partial charge in [-0.3, -0.25) is 0 Å². The highest BCUT2D eigenvalue weighted by atomic mass is 16.5. The van der Waals surface area contributed by atoms with E-state index >= 15 is 0 Å². The molecular formula is C17H21NO3. The molecule has 0 radical (unpaired) electrons. The number of hydrogen-bond donors (Lipinski definition) is 1. The highest BCUT2D eigenvalue weighted by Gasteiger charge is 2.04. The number of anilines is 1. The van der Waals surface area contributed by atoms with Crippen LogP contribution in [0.4, 0.5) is 5.69 Å². The van der Waals surface area contributed by atoms with E-state index in [1.165, 1.54) is 5.56 Å². The van der Waals surface area contributed by atoms with Gasteiger partial charge in [-0.05, 0) is 42.3 Å². The summed E-state index contributed by atoms with van der Waals surface area (Å²) in [5.74, 6) is 1.60. The molecule has 0 aliphatic heterocycles. The van der Waals surface area contributed by atoms with Crippen molar-refractivity contribution >= 4 is 5.69 Å². The predicted molar refractivity (Wildman–Crippen MR) is 83.8 cm³/mol. The van der Waals surface area contributed by atoms with Crippen molar-refractivity contribution in [1.82, 2.24) is 0 Å². The summed E-state index contributed by atoms with van der Waals surface area (Å²) >= 11 is 0. The normalized spacial score (nSPS) is 10.4. The Morgan fingerprint density at radius 3 is 2.43 bits per heavy atom. The predicted octanol–water partition coefficient (Wildman–Crippen LogP) is 3.05. The van der Waals surface area contributed by atoms with Crippen LogP contribution >= 0.6 is 0 Å². The first-order valence-electron chi connectivity index (χ1n) is 6.86. The Labute approximate surface area is 125 Å². The van der Waals surface area contributed by atoms with Crippen molar-refractivity contribution in [3.8, 4) is 11.5 Å². The summed E-state index contributed by atoms with van der Waals surface area (Å²) in [6.45, 7) is 1.15. The molecule has 0 saturated heterocycles. The standard InChI is InChI=1S/C17H21NO3/c1-19-10-9-13-3-6-16(7-4-13)21-12-14-11-15(18)5-8-17(14)20-2/h3-8,11H,9-10,12,18H2,1-2H3. The van der Waals surface area contributed by atoms with Crippen LogP contribution in [0.2, 0.25) is 0 Å². The first-order chi connectivity index (χ1) is 10.2. The van der Waals surface area contributed by atoms with Crippen LogP contribution < -0.4 is 15.2 Å². The lowest BCUT2D eigenvalue weighted by Crippen LogP contribution is -2.00. The monoisotopic (exact) mass is 287 g/mol. The van der Waals surface area contributed by atoms with Gasteiger partial charge < -0.3 is 19.9 Å². The van der Waals surface area contributed by atoms with Crippen molar-refractivity contribution in [1.29, 1.82) is 0 Å². The van der Waals surface area contributed by atoms with Crippen LogP contribution in [0.25, 0.3) is 0 Å². The Bertz CT molecular complexity index is 567. The van der Waals surface area contributed by atoms with Gasteiger partial charge in [0.1, 0.15) is 18.1 Å². The van der Waals surface area contributed by atoms with Crippen LogP contribution in [0.5, 0.6) is 11.5 Å². The minimum Gasteiger partial charge on any atom is -0.496 e. The third-order valence-corrected chi connectivity index (χ3v) is 3.22. The summed E-state index contributed by atoms with van der Waals surface area (Å²) in [5, 5.41) is 0. The average Bonchev–Trinajstić information content (AvgIpc) is 2.52. The molecule has 112 valence electrons. The van der Waals surface area contributed by atoms with Gasteiger partial charge in [0.25, 0.3) is 0 Å². The van der Waals surface area contributed by atoms with Crippen molar-refractivity contribution in [3.05, 3.63) is 53.6 Å². The van der Waals surface area contributed by atoms with E-state index in [0.717, 1.165) is 30.1 Å². The minimum atomic E-state index is 0.422. The van der Waals surface area contributed by atoms with Gasteiger partial charge in [-0.2, -0.15) is 0 Å². The Kier molecular flexibility index (Phi) is 5.46. The van der Waals surface area contributed by atoms with Crippen molar-refractivity contribution in [2.45, 2.75) is 13.0 Å². The zero-order valence-corrected chi connectivity index (χ0v) is 12.5. The lowest BCUT2D eigenvalue weighted by Gasteiger charge is -2.11. The molecule has 0 aromatic heterocycles. The minimum absolute atomic E-state index is 0.422. The molecule has 4 nitrogen and oxygen atoms in total. The molecule has 0 unspecified atom stereocenters. The molecule has 0 atom stereocenters. The van der Waals surface area contributed by atoms with Gasteiger partial charge in [0.2, 0.25) is 0 Å². The molecule has 0 aliphatic carbocycles. The molecular weight excluding hydrogens is 266 g/mol. The topological polar surface area (TPSA) is 53.7 Å². The zero-order valence-electron chi connectivity index (χ0n) is 12.5. The molecule has 0 bridgehead atoms. The number of hydrogen-bond acceptors (Lipinski definition) is 4. The summed E-state index contributed by atoms with van der Waals surface area (Å²) in [4.78, 5) is 0. The second-order valence-corrected chi connectivity index (χ2v) is 4.75. The van der Waals surface area contributed by atoms with Crippen LogP contribution in [0.1, 0.15) is 11.1 Å². The Morgan fingerprint density at radius 1 is 1.00 bits per heavy atom. The van der Waals surface area contributed by atoms with Crippen LogP contribution in [0.15, 0.2) is 42.5 Å². The van der Waals surface area contributed by atoms with Crippen molar-refractivity contribution in [2.75, 3.05) is 26.6 Å². The molecule has 0 aliphatic rings. The molecule has 0 saturated carbocycles. The first kappa shape index (κ1) is 15.2. The van der Waals surface area contributed by atoms with E-state index in [0.29, 0.717) is 12.3 Å². The average molecular weight is 287 g/mol. The number of methoxy groups -OCH3 is 2. The van der Waals surface area contributed by atoms with Crippen LogP contribution in [-0.2, 0) is 17.8 Å². The second kappa shape index (κ2) is 7.55. The maximum absolute atomic E-state index is 5.79. The molecule has 2 aromatic carbocycles. The van der Waals surface area contributed by atoms with E-state index in [4.69, 9.17) is 19.9 Å². The van der Waals surface area contributed by atoms with Gasteiger partial charge in [-0.15, -0.1) is 0 Å². The van der Waals surface area contributed by atoms with E-state index in [9.17, 15) is 0 Å². The van der Waals surface area contributed by atoms with Gasteiger partial charge in [-0.1, -0.05) is 12.1 Å². The highest BCUT2D eigenvalue weighted by Crippen LogP contribution is 2.23. The molecule has 4 heteroatoms. The van der Waals surface area contributed by atoms with Gasteiger partial charge in [0.05, 0.1) is 13.7 Å². The Hall–Kier alpha value is -2.20. The summed E-state index contributed by atoms with van der Waals surface area (Å²) in [6, 6.07) is 13.5. The molecule has 0 fully saturated rings. The number of ether oxygens (including phenoxy) is 3. The third-order valence-electron chi connectivity index (χ3n) is 3.22. The molecule has 2 rings (SSSR count). The molecule has 0 heterocycles. The number of nitrogen functional groups attached to an aromatic ring is 1. The number of benzene rings is 2. The molecule has 0 spiro atoms. The van der Waals surface area contributed by atoms with Crippen molar-refractivity contribution in [3.63, 3.8) is 0 Å². The van der Waals surface area contributed by atoms with E-state index < -0.39 is 0 Å². The molecule has 2 N–H and O–H groups in total. The van der Waals surface area contributed by atoms with Gasteiger partial charge in [0, 0.05) is 18.4 Å². The number of nitrogens with two attached hydrogens (primary N) is 1. The first-order valence-corrected chi connectivity index (χ1v) is 6.86. The van der Waals surface area contributed by atoms with E-state index in [1.807, 2.05) is 42.5 Å². The van der Waals surface area contributed by atoms with Gasteiger partial charge >= 0.3 is 0 Å². The van der Waals surface area contributed by atoms with E-state index in [2.05, 4.69) is 0 Å². The highest BCUT2D eigenvalue weighted by molar-refractivity contribution is 5.47. The lowest BCUT2D eigenvalue weighted by molar-refractivity contribution is 0.202. The lowest BCUT2D eigenvalue weighted by atomic mass is 10.1. The maximum Gasteiger partial charge on any atom is 0.125 e. The molecule has 0 amide bonds. The summed E-state index contributed by atoms with van der Waals surface area (Å²) in [7, 11) is 3.34. The van der Waals surface area contributed by atoms with Crippen LogP contribution in [-0.4, -0.2) is 20.8 Å². The number of rotatable bonds is 7. The summed E-state index contributed by atoms with van der Waals surface area (Å²) < 4.78 is 16.1. The quantitative estimate of drug-likeness (QED) is 0.795. The maximum atomic E-state index is 5.79. The third kappa shape index (κ3) is 4.39. The fourth-order valence-electron chi connectivity index (χ4n) is 2.04. The smallest absolute Gasteiger partial charge is 0.125 e. The van der Waals surface area contributed by atoms with Crippen molar-refractivity contribution in [2.24, 2.45) is 0 Å². The Balaban J connectivity index is 1.98.